The Labute approximate surface area is 83.0 Å². The average Bonchev–Trinajstić information content (AvgIpc) is 2.14. The normalized spacial score (nSPS) is 12.4. The van der Waals surface area contributed by atoms with E-state index in [9.17, 15) is 9.90 Å². The topological polar surface area (TPSA) is 57.5 Å². The smallest absolute Gasteiger partial charge is 0.306 e. The Hall–Kier alpha value is -1.51. The molecular weight excluding hydrogens is 180 g/mol. The largest absolute Gasteiger partial charge is 0.508 e. The zero-order valence-corrected chi connectivity index (χ0v) is 8.10. The molecule has 0 heterocycles. The monoisotopic (exact) mass is 194 g/mol. The summed E-state index contributed by atoms with van der Waals surface area (Å²) in [6, 6.07) is 6.91. The van der Waals surface area contributed by atoms with Crippen molar-refractivity contribution in [3.63, 3.8) is 0 Å². The molecule has 0 aromatic heterocycles. The summed E-state index contributed by atoms with van der Waals surface area (Å²) in [6.07, 6.45) is 1.28. The van der Waals surface area contributed by atoms with Gasteiger partial charge in [0, 0.05) is 0 Å². The molecule has 0 aliphatic heterocycles. The number of hydrogen-bond donors (Lipinski definition) is 2. The minimum atomic E-state index is -0.773. The Morgan fingerprint density at radius 2 is 2.21 bits per heavy atom. The maximum Gasteiger partial charge on any atom is 0.306 e. The highest BCUT2D eigenvalue weighted by Gasteiger charge is 2.10. The van der Waals surface area contributed by atoms with Gasteiger partial charge in [-0.25, -0.2) is 0 Å². The van der Waals surface area contributed by atoms with Gasteiger partial charge in [-0.3, -0.25) is 4.79 Å². The summed E-state index contributed by atoms with van der Waals surface area (Å²) in [6.45, 7) is 1.69. The fourth-order valence-corrected chi connectivity index (χ4v) is 1.22. The third-order valence-electron chi connectivity index (χ3n) is 2.20. The molecule has 0 aliphatic carbocycles. The highest BCUT2D eigenvalue weighted by molar-refractivity contribution is 5.69. The van der Waals surface area contributed by atoms with E-state index in [4.69, 9.17) is 5.11 Å². The number of phenolic OH excluding ortho intramolecular Hbond substituents is 1. The summed E-state index contributed by atoms with van der Waals surface area (Å²) in [5, 5.41) is 17.8. The predicted octanol–water partition coefficient (Wildman–Crippen LogP) is 2.05. The van der Waals surface area contributed by atoms with Gasteiger partial charge in [-0.2, -0.15) is 0 Å². The fourth-order valence-electron chi connectivity index (χ4n) is 1.22. The van der Waals surface area contributed by atoms with Crippen molar-refractivity contribution in [2.24, 2.45) is 5.92 Å². The Balaban J connectivity index is 2.49. The minimum Gasteiger partial charge on any atom is -0.508 e. The summed E-state index contributed by atoms with van der Waals surface area (Å²) in [5.41, 5.74) is 0.970. The number of aromatic hydroxyl groups is 1. The van der Waals surface area contributed by atoms with E-state index in [1.165, 1.54) is 0 Å². The van der Waals surface area contributed by atoms with Crippen molar-refractivity contribution in [1.82, 2.24) is 0 Å². The predicted molar refractivity (Wildman–Crippen MR) is 53.2 cm³/mol. The quantitative estimate of drug-likeness (QED) is 0.771. The molecule has 1 rings (SSSR count). The fraction of sp³-hybridized carbons (Fsp3) is 0.364. The standard InChI is InChI=1S/C11H14O3/c1-8(11(13)14)5-6-9-3-2-4-10(12)7-9/h2-4,7-8,12H,5-6H2,1H3,(H,13,14). The van der Waals surface area contributed by atoms with Gasteiger partial charge in [0.25, 0.3) is 0 Å². The molecule has 0 fully saturated rings. The van der Waals surface area contributed by atoms with Crippen LogP contribution in [0.5, 0.6) is 5.75 Å². The molecule has 0 saturated heterocycles. The van der Waals surface area contributed by atoms with Crippen LogP contribution < -0.4 is 0 Å². The molecule has 76 valence electrons. The molecule has 0 radical (unpaired) electrons. The minimum absolute atomic E-state index is 0.227. The molecule has 14 heavy (non-hydrogen) atoms. The van der Waals surface area contributed by atoms with Gasteiger partial charge in [0.15, 0.2) is 0 Å². The molecule has 1 unspecified atom stereocenters. The third-order valence-corrected chi connectivity index (χ3v) is 2.20. The van der Waals surface area contributed by atoms with Crippen LogP contribution in [0.2, 0.25) is 0 Å². The lowest BCUT2D eigenvalue weighted by Gasteiger charge is -2.05. The zero-order chi connectivity index (χ0) is 10.6. The van der Waals surface area contributed by atoms with Crippen LogP contribution in [-0.2, 0) is 11.2 Å². The van der Waals surface area contributed by atoms with Crippen molar-refractivity contribution in [2.45, 2.75) is 19.8 Å². The second kappa shape index (κ2) is 4.65. The Morgan fingerprint density at radius 1 is 1.50 bits per heavy atom. The lowest BCUT2D eigenvalue weighted by molar-refractivity contribution is -0.141. The first-order valence-electron chi connectivity index (χ1n) is 4.60. The molecular formula is C11H14O3. The first-order valence-corrected chi connectivity index (χ1v) is 4.60. The second-order valence-corrected chi connectivity index (χ2v) is 3.45. The number of carboxylic acids is 1. The van der Waals surface area contributed by atoms with Crippen LogP contribution in [0, 0.1) is 5.92 Å². The molecule has 0 bridgehead atoms. The van der Waals surface area contributed by atoms with Crippen LogP contribution in [0.4, 0.5) is 0 Å². The van der Waals surface area contributed by atoms with Crippen LogP contribution in [0.3, 0.4) is 0 Å². The van der Waals surface area contributed by atoms with Gasteiger partial charge >= 0.3 is 5.97 Å². The highest BCUT2D eigenvalue weighted by Crippen LogP contribution is 2.14. The van der Waals surface area contributed by atoms with Crippen molar-refractivity contribution < 1.29 is 15.0 Å². The van der Waals surface area contributed by atoms with Gasteiger partial charge in [0.1, 0.15) is 5.75 Å². The van der Waals surface area contributed by atoms with Gasteiger partial charge in [0.05, 0.1) is 5.92 Å². The van der Waals surface area contributed by atoms with Crippen molar-refractivity contribution in [3.05, 3.63) is 29.8 Å². The molecule has 3 heteroatoms. The number of carboxylic acid groups (broad SMARTS) is 1. The molecule has 1 aromatic rings. The van der Waals surface area contributed by atoms with Gasteiger partial charge in [0.2, 0.25) is 0 Å². The van der Waals surface area contributed by atoms with E-state index in [2.05, 4.69) is 0 Å². The van der Waals surface area contributed by atoms with Crippen LogP contribution in [0.25, 0.3) is 0 Å². The first-order chi connectivity index (χ1) is 6.59. The van der Waals surface area contributed by atoms with E-state index in [0.29, 0.717) is 12.8 Å². The van der Waals surface area contributed by atoms with Crippen LogP contribution in [0.1, 0.15) is 18.9 Å². The van der Waals surface area contributed by atoms with Crippen molar-refractivity contribution in [3.8, 4) is 5.75 Å². The van der Waals surface area contributed by atoms with Crippen molar-refractivity contribution in [1.29, 1.82) is 0 Å². The van der Waals surface area contributed by atoms with Gasteiger partial charge in [-0.1, -0.05) is 19.1 Å². The second-order valence-electron chi connectivity index (χ2n) is 3.45. The van der Waals surface area contributed by atoms with E-state index in [0.717, 1.165) is 5.56 Å². The van der Waals surface area contributed by atoms with E-state index < -0.39 is 5.97 Å². The van der Waals surface area contributed by atoms with Crippen LogP contribution in [-0.4, -0.2) is 16.2 Å². The molecule has 1 aromatic carbocycles. The number of carbonyl (C=O) groups is 1. The van der Waals surface area contributed by atoms with Crippen LogP contribution in [0.15, 0.2) is 24.3 Å². The van der Waals surface area contributed by atoms with E-state index in [1.807, 2.05) is 6.07 Å². The zero-order valence-electron chi connectivity index (χ0n) is 8.10. The number of hydrogen-bond acceptors (Lipinski definition) is 2. The number of benzene rings is 1. The van der Waals surface area contributed by atoms with E-state index in [-0.39, 0.29) is 11.7 Å². The molecule has 0 spiro atoms. The van der Waals surface area contributed by atoms with Crippen molar-refractivity contribution in [2.75, 3.05) is 0 Å². The lowest BCUT2D eigenvalue weighted by Crippen LogP contribution is -2.10. The highest BCUT2D eigenvalue weighted by atomic mass is 16.4. The van der Waals surface area contributed by atoms with Gasteiger partial charge in [-0.05, 0) is 30.5 Å². The Morgan fingerprint density at radius 3 is 2.79 bits per heavy atom. The summed E-state index contributed by atoms with van der Waals surface area (Å²) in [5.74, 6) is -0.881. The van der Waals surface area contributed by atoms with E-state index >= 15 is 0 Å². The summed E-state index contributed by atoms with van der Waals surface area (Å²) >= 11 is 0. The summed E-state index contributed by atoms with van der Waals surface area (Å²) in [4.78, 5) is 10.5. The number of rotatable bonds is 4. The SMILES string of the molecule is CC(CCc1cccc(O)c1)C(=O)O. The lowest BCUT2D eigenvalue weighted by atomic mass is 10.0. The maximum absolute atomic E-state index is 10.5. The van der Waals surface area contributed by atoms with Gasteiger partial charge < -0.3 is 10.2 Å². The van der Waals surface area contributed by atoms with Gasteiger partial charge in [-0.15, -0.1) is 0 Å². The summed E-state index contributed by atoms with van der Waals surface area (Å²) in [7, 11) is 0. The molecule has 2 N–H and O–H groups in total. The van der Waals surface area contributed by atoms with E-state index in [1.54, 1.807) is 25.1 Å². The van der Waals surface area contributed by atoms with Crippen molar-refractivity contribution >= 4 is 5.97 Å². The average molecular weight is 194 g/mol. The molecule has 0 aliphatic rings. The third kappa shape index (κ3) is 3.09. The van der Waals surface area contributed by atoms with Crippen LogP contribution >= 0.6 is 0 Å². The summed E-state index contributed by atoms with van der Waals surface area (Å²) < 4.78 is 0. The molecule has 0 amide bonds. The molecule has 3 nitrogen and oxygen atoms in total. The Kier molecular flexibility index (Phi) is 3.51. The molecule has 1 atom stereocenters. The number of aliphatic carboxylic acids is 1. The molecule has 0 saturated carbocycles. The Bertz CT molecular complexity index is 320. The maximum atomic E-state index is 10.5. The number of aryl methyl sites for hydroxylation is 1. The number of phenols is 1. The first kappa shape index (κ1) is 10.6.